The van der Waals surface area contributed by atoms with E-state index in [4.69, 9.17) is 10.4 Å². The number of aromatic nitrogens is 1. The molecule has 0 aromatic carbocycles. The number of anilines is 1. The molecular weight excluding hydrogens is 232 g/mol. The SMILES string of the molecule is N#Cc1cc(C(=O)O)cnc1N1CC(F)(F)C1. The van der Waals surface area contributed by atoms with Gasteiger partial charge in [-0.15, -0.1) is 0 Å². The highest BCUT2D eigenvalue weighted by molar-refractivity contribution is 5.88. The minimum Gasteiger partial charge on any atom is -0.478 e. The Labute approximate surface area is 94.9 Å². The summed E-state index contributed by atoms with van der Waals surface area (Å²) in [4.78, 5) is 15.6. The molecule has 1 aliphatic rings. The number of carboxylic acids is 1. The van der Waals surface area contributed by atoms with Gasteiger partial charge in [0.15, 0.2) is 0 Å². The highest BCUT2D eigenvalue weighted by Crippen LogP contribution is 2.32. The molecule has 0 atom stereocenters. The standard InChI is InChI=1S/C10H7F2N3O2/c11-10(12)4-15(5-10)8-6(2-13)1-7(3-14-8)9(16)17/h1,3H,4-5H2,(H,16,17). The highest BCUT2D eigenvalue weighted by atomic mass is 19.3. The minimum absolute atomic E-state index is 0.0135. The van der Waals surface area contributed by atoms with E-state index in [9.17, 15) is 13.6 Å². The monoisotopic (exact) mass is 239 g/mol. The number of hydrogen-bond acceptors (Lipinski definition) is 4. The van der Waals surface area contributed by atoms with Crippen molar-refractivity contribution in [3.8, 4) is 6.07 Å². The first-order chi connectivity index (χ1) is 7.93. The Morgan fingerprint density at radius 1 is 1.59 bits per heavy atom. The number of carboxylic acid groups (broad SMARTS) is 1. The molecule has 0 radical (unpaired) electrons. The molecule has 2 rings (SSSR count). The fourth-order valence-corrected chi connectivity index (χ4v) is 1.57. The van der Waals surface area contributed by atoms with Crippen molar-refractivity contribution in [1.29, 1.82) is 5.26 Å². The van der Waals surface area contributed by atoms with Gasteiger partial charge < -0.3 is 10.0 Å². The molecule has 1 saturated heterocycles. The summed E-state index contributed by atoms with van der Waals surface area (Å²) in [6.07, 6.45) is 1.05. The molecule has 17 heavy (non-hydrogen) atoms. The van der Waals surface area contributed by atoms with Crippen molar-refractivity contribution in [2.24, 2.45) is 0 Å². The fourth-order valence-electron chi connectivity index (χ4n) is 1.57. The zero-order chi connectivity index (χ0) is 12.6. The molecule has 0 aliphatic carbocycles. The molecule has 1 aromatic heterocycles. The smallest absolute Gasteiger partial charge is 0.337 e. The molecule has 88 valence electrons. The third-order valence-electron chi connectivity index (χ3n) is 2.38. The maximum atomic E-state index is 12.7. The number of hydrogen-bond donors (Lipinski definition) is 1. The van der Waals surface area contributed by atoms with Crippen LogP contribution >= 0.6 is 0 Å². The van der Waals surface area contributed by atoms with Crippen LogP contribution in [0.25, 0.3) is 0 Å². The zero-order valence-corrected chi connectivity index (χ0v) is 8.52. The van der Waals surface area contributed by atoms with Crippen molar-refractivity contribution >= 4 is 11.8 Å². The number of alkyl halides is 2. The number of nitrogens with zero attached hydrogens (tertiary/aromatic N) is 3. The van der Waals surface area contributed by atoms with Crippen LogP contribution in [-0.4, -0.2) is 35.1 Å². The first-order valence-corrected chi connectivity index (χ1v) is 4.69. The Bertz CT molecular complexity index is 517. The van der Waals surface area contributed by atoms with E-state index in [2.05, 4.69) is 4.98 Å². The first kappa shape index (κ1) is 11.3. The molecule has 1 fully saturated rings. The van der Waals surface area contributed by atoms with Crippen LogP contribution in [-0.2, 0) is 0 Å². The number of carbonyl (C=O) groups is 1. The van der Waals surface area contributed by atoms with Gasteiger partial charge in [0.05, 0.1) is 24.2 Å². The minimum atomic E-state index is -2.76. The maximum absolute atomic E-state index is 12.7. The Kier molecular flexibility index (Phi) is 2.42. The van der Waals surface area contributed by atoms with Crippen molar-refractivity contribution < 1.29 is 18.7 Å². The van der Waals surface area contributed by atoms with Crippen LogP contribution in [0.15, 0.2) is 12.3 Å². The third-order valence-corrected chi connectivity index (χ3v) is 2.38. The largest absolute Gasteiger partial charge is 0.478 e. The van der Waals surface area contributed by atoms with E-state index >= 15 is 0 Å². The number of aromatic carboxylic acids is 1. The van der Waals surface area contributed by atoms with Crippen LogP contribution in [0.5, 0.6) is 0 Å². The maximum Gasteiger partial charge on any atom is 0.337 e. The van der Waals surface area contributed by atoms with Crippen molar-refractivity contribution in [2.45, 2.75) is 5.92 Å². The summed E-state index contributed by atoms with van der Waals surface area (Å²) in [5.74, 6) is -3.88. The topological polar surface area (TPSA) is 77.2 Å². The van der Waals surface area contributed by atoms with Crippen molar-refractivity contribution in [3.05, 3.63) is 23.4 Å². The van der Waals surface area contributed by atoms with E-state index in [1.54, 1.807) is 6.07 Å². The van der Waals surface area contributed by atoms with Gasteiger partial charge in [0.25, 0.3) is 5.92 Å². The van der Waals surface area contributed by atoms with Gasteiger partial charge in [-0.3, -0.25) is 0 Å². The molecule has 0 spiro atoms. The van der Waals surface area contributed by atoms with E-state index in [1.165, 1.54) is 4.90 Å². The summed E-state index contributed by atoms with van der Waals surface area (Å²) in [6, 6.07) is 2.88. The van der Waals surface area contributed by atoms with Crippen LogP contribution in [0.2, 0.25) is 0 Å². The molecule has 0 bridgehead atoms. The van der Waals surface area contributed by atoms with Gasteiger partial charge in [-0.2, -0.15) is 5.26 Å². The normalized spacial score (nSPS) is 17.1. The number of nitriles is 1. The van der Waals surface area contributed by atoms with Gasteiger partial charge in [0.1, 0.15) is 11.9 Å². The quantitative estimate of drug-likeness (QED) is 0.836. The Morgan fingerprint density at radius 2 is 2.24 bits per heavy atom. The van der Waals surface area contributed by atoms with Crippen LogP contribution < -0.4 is 4.90 Å². The van der Waals surface area contributed by atoms with Crippen molar-refractivity contribution in [3.63, 3.8) is 0 Å². The van der Waals surface area contributed by atoms with E-state index < -0.39 is 25.0 Å². The van der Waals surface area contributed by atoms with Gasteiger partial charge in [-0.05, 0) is 6.07 Å². The Balaban J connectivity index is 2.31. The second-order valence-corrected chi connectivity index (χ2v) is 3.72. The third kappa shape index (κ3) is 2.01. The number of pyridine rings is 1. The summed E-state index contributed by atoms with van der Waals surface area (Å²) in [7, 11) is 0. The summed E-state index contributed by atoms with van der Waals surface area (Å²) in [6.45, 7) is -0.998. The molecule has 2 heterocycles. The molecule has 0 amide bonds. The summed E-state index contributed by atoms with van der Waals surface area (Å²) in [5, 5.41) is 17.5. The summed E-state index contributed by atoms with van der Waals surface area (Å²) in [5.41, 5.74) is -0.155. The molecule has 5 nitrogen and oxygen atoms in total. The number of halogens is 2. The zero-order valence-electron chi connectivity index (χ0n) is 8.52. The summed E-state index contributed by atoms with van der Waals surface area (Å²) >= 11 is 0. The van der Waals surface area contributed by atoms with E-state index in [0.717, 1.165) is 12.3 Å². The molecule has 0 saturated carbocycles. The lowest BCUT2D eigenvalue weighted by Crippen LogP contribution is -2.56. The average molecular weight is 239 g/mol. The van der Waals surface area contributed by atoms with Crippen LogP contribution in [0.1, 0.15) is 15.9 Å². The van der Waals surface area contributed by atoms with Gasteiger partial charge >= 0.3 is 5.97 Å². The van der Waals surface area contributed by atoms with Gasteiger partial charge in [0, 0.05) is 6.20 Å². The fraction of sp³-hybridized carbons (Fsp3) is 0.300. The molecule has 1 aliphatic heterocycles. The molecule has 1 aromatic rings. The molecule has 7 heteroatoms. The predicted molar refractivity (Wildman–Crippen MR) is 53.1 cm³/mol. The Hall–Kier alpha value is -2.23. The lowest BCUT2D eigenvalue weighted by atomic mass is 10.1. The first-order valence-electron chi connectivity index (χ1n) is 4.69. The number of rotatable bonds is 2. The van der Waals surface area contributed by atoms with E-state index in [-0.39, 0.29) is 16.9 Å². The van der Waals surface area contributed by atoms with Crippen molar-refractivity contribution in [2.75, 3.05) is 18.0 Å². The lowest BCUT2D eigenvalue weighted by Gasteiger charge is -2.39. The summed E-state index contributed by atoms with van der Waals surface area (Å²) < 4.78 is 25.3. The van der Waals surface area contributed by atoms with Crippen LogP contribution in [0.3, 0.4) is 0 Å². The van der Waals surface area contributed by atoms with Crippen molar-refractivity contribution in [1.82, 2.24) is 4.98 Å². The predicted octanol–water partition coefficient (Wildman–Crippen LogP) is 1.11. The van der Waals surface area contributed by atoms with Crippen LogP contribution in [0.4, 0.5) is 14.6 Å². The van der Waals surface area contributed by atoms with Gasteiger partial charge in [-0.25, -0.2) is 18.6 Å². The average Bonchev–Trinajstić information content (AvgIpc) is 2.24. The second-order valence-electron chi connectivity index (χ2n) is 3.72. The molecule has 0 unspecified atom stereocenters. The highest BCUT2D eigenvalue weighted by Gasteiger charge is 2.45. The lowest BCUT2D eigenvalue weighted by molar-refractivity contribution is -0.0267. The molecule has 1 N–H and O–H groups in total. The Morgan fingerprint density at radius 3 is 2.71 bits per heavy atom. The second kappa shape index (κ2) is 3.66. The van der Waals surface area contributed by atoms with Gasteiger partial charge in [0.2, 0.25) is 0 Å². The van der Waals surface area contributed by atoms with Gasteiger partial charge in [-0.1, -0.05) is 0 Å². The van der Waals surface area contributed by atoms with E-state index in [0.29, 0.717) is 0 Å². The molecular formula is C10H7F2N3O2. The van der Waals surface area contributed by atoms with Crippen LogP contribution in [0, 0.1) is 11.3 Å². The van der Waals surface area contributed by atoms with E-state index in [1.807, 2.05) is 0 Å².